The van der Waals surface area contributed by atoms with Crippen LogP contribution in [0, 0.1) is 5.41 Å². The summed E-state index contributed by atoms with van der Waals surface area (Å²) >= 11 is 1.69. The first kappa shape index (κ1) is 10.8. The molecule has 1 fully saturated rings. The predicted molar refractivity (Wildman–Crippen MR) is 57.1 cm³/mol. The van der Waals surface area contributed by atoms with E-state index in [-0.39, 0.29) is 18.6 Å². The molecular formula is C9H17FN2S. The van der Waals surface area contributed by atoms with Crippen molar-refractivity contribution in [1.29, 1.82) is 0 Å². The van der Waals surface area contributed by atoms with Crippen LogP contribution in [0.1, 0.15) is 20.8 Å². The molecule has 13 heavy (non-hydrogen) atoms. The lowest BCUT2D eigenvalue weighted by molar-refractivity contribution is 0.325. The lowest BCUT2D eigenvalue weighted by Gasteiger charge is -2.26. The van der Waals surface area contributed by atoms with Gasteiger partial charge in [-0.3, -0.25) is 4.99 Å². The molecule has 0 aromatic carbocycles. The molecule has 1 rings (SSSR count). The number of nitrogens with zero attached hydrogens (tertiary/aromatic N) is 1. The highest BCUT2D eigenvalue weighted by atomic mass is 32.2. The Morgan fingerprint density at radius 1 is 1.62 bits per heavy atom. The van der Waals surface area contributed by atoms with E-state index in [9.17, 15) is 4.39 Å². The number of hydrogen-bond acceptors (Lipinski definition) is 2. The SMILES string of the molecule is CC(C)(C)C1CSC(=NCCF)N1. The summed E-state index contributed by atoms with van der Waals surface area (Å²) in [6, 6.07) is 0.455. The molecule has 1 aliphatic heterocycles. The molecule has 0 aromatic rings. The van der Waals surface area contributed by atoms with Crippen LogP contribution in [0.5, 0.6) is 0 Å². The van der Waals surface area contributed by atoms with Crippen LogP contribution in [0.3, 0.4) is 0 Å². The highest BCUT2D eigenvalue weighted by Crippen LogP contribution is 2.27. The Hall–Kier alpha value is -0.250. The smallest absolute Gasteiger partial charge is 0.156 e. The van der Waals surface area contributed by atoms with Crippen molar-refractivity contribution < 1.29 is 4.39 Å². The van der Waals surface area contributed by atoms with Crippen molar-refractivity contribution in [2.45, 2.75) is 26.8 Å². The van der Waals surface area contributed by atoms with Gasteiger partial charge in [0.2, 0.25) is 0 Å². The first-order valence-corrected chi connectivity index (χ1v) is 5.52. The van der Waals surface area contributed by atoms with Crippen LogP contribution in [-0.4, -0.2) is 30.2 Å². The van der Waals surface area contributed by atoms with E-state index in [0.717, 1.165) is 10.9 Å². The van der Waals surface area contributed by atoms with Gasteiger partial charge in [-0.15, -0.1) is 0 Å². The average Bonchev–Trinajstić information content (AvgIpc) is 2.47. The molecule has 0 radical (unpaired) electrons. The Labute approximate surface area is 83.4 Å². The zero-order valence-electron chi connectivity index (χ0n) is 8.43. The van der Waals surface area contributed by atoms with Gasteiger partial charge in [-0.2, -0.15) is 0 Å². The number of thioether (sulfide) groups is 1. The predicted octanol–water partition coefficient (Wildman–Crippen LogP) is 2.06. The summed E-state index contributed by atoms with van der Waals surface area (Å²) in [4.78, 5) is 4.10. The third-order valence-corrected chi connectivity index (χ3v) is 3.09. The summed E-state index contributed by atoms with van der Waals surface area (Å²) < 4.78 is 11.8. The van der Waals surface area contributed by atoms with E-state index < -0.39 is 0 Å². The summed E-state index contributed by atoms with van der Waals surface area (Å²) in [5.74, 6) is 1.04. The van der Waals surface area contributed by atoms with Gasteiger partial charge in [-0.1, -0.05) is 32.5 Å². The van der Waals surface area contributed by atoms with E-state index in [1.807, 2.05) is 0 Å². The van der Waals surface area contributed by atoms with E-state index in [0.29, 0.717) is 6.04 Å². The molecule has 1 heterocycles. The second kappa shape index (κ2) is 4.31. The fourth-order valence-corrected chi connectivity index (χ4v) is 2.41. The molecule has 0 aromatic heterocycles. The van der Waals surface area contributed by atoms with Crippen LogP contribution in [0.25, 0.3) is 0 Å². The van der Waals surface area contributed by atoms with Crippen molar-refractivity contribution in [3.63, 3.8) is 0 Å². The minimum absolute atomic E-state index is 0.250. The van der Waals surface area contributed by atoms with E-state index in [1.54, 1.807) is 11.8 Å². The summed E-state index contributed by atoms with van der Waals surface area (Å²) in [6.07, 6.45) is 0. The number of amidine groups is 1. The first-order valence-electron chi connectivity index (χ1n) is 4.54. The molecule has 0 spiro atoms. The molecule has 0 bridgehead atoms. The molecule has 4 heteroatoms. The fourth-order valence-electron chi connectivity index (χ4n) is 1.10. The highest BCUT2D eigenvalue weighted by molar-refractivity contribution is 8.14. The zero-order valence-corrected chi connectivity index (χ0v) is 9.25. The van der Waals surface area contributed by atoms with Crippen LogP contribution < -0.4 is 5.32 Å². The number of halogens is 1. The normalized spacial score (nSPS) is 26.5. The van der Waals surface area contributed by atoms with Gasteiger partial charge in [0.1, 0.15) is 6.67 Å². The third-order valence-electron chi connectivity index (χ3n) is 2.07. The molecule has 1 N–H and O–H groups in total. The standard InChI is InChI=1S/C9H17FN2S/c1-9(2,3)7-6-13-8(12-7)11-5-4-10/h7H,4-6H2,1-3H3,(H,11,12). The Morgan fingerprint density at radius 3 is 2.77 bits per heavy atom. The molecule has 1 saturated heterocycles. The maximum Gasteiger partial charge on any atom is 0.156 e. The molecule has 1 atom stereocenters. The number of hydrogen-bond donors (Lipinski definition) is 1. The molecule has 0 aliphatic carbocycles. The third kappa shape index (κ3) is 3.18. The molecule has 2 nitrogen and oxygen atoms in total. The molecule has 1 unspecified atom stereocenters. The van der Waals surface area contributed by atoms with Crippen molar-refractivity contribution in [2.24, 2.45) is 10.4 Å². The first-order chi connectivity index (χ1) is 6.04. The van der Waals surface area contributed by atoms with E-state index in [4.69, 9.17) is 0 Å². The molecular weight excluding hydrogens is 187 g/mol. The number of alkyl halides is 1. The van der Waals surface area contributed by atoms with Gasteiger partial charge < -0.3 is 5.32 Å². The van der Waals surface area contributed by atoms with E-state index >= 15 is 0 Å². The van der Waals surface area contributed by atoms with Gasteiger partial charge in [0.05, 0.1) is 6.54 Å². The molecule has 0 saturated carbocycles. The van der Waals surface area contributed by atoms with Crippen molar-refractivity contribution >= 4 is 16.9 Å². The Morgan fingerprint density at radius 2 is 2.31 bits per heavy atom. The van der Waals surface area contributed by atoms with E-state index in [2.05, 4.69) is 31.1 Å². The second-order valence-corrected chi connectivity index (χ2v) is 5.26. The zero-order chi connectivity index (χ0) is 9.90. The van der Waals surface area contributed by atoms with E-state index in [1.165, 1.54) is 0 Å². The molecule has 0 amide bonds. The average molecular weight is 204 g/mol. The van der Waals surface area contributed by atoms with Crippen LogP contribution in [0.4, 0.5) is 4.39 Å². The largest absolute Gasteiger partial charge is 0.361 e. The van der Waals surface area contributed by atoms with Crippen molar-refractivity contribution in [3.05, 3.63) is 0 Å². The summed E-state index contributed by atoms with van der Waals surface area (Å²) in [6.45, 7) is 6.51. The molecule has 76 valence electrons. The number of nitrogens with one attached hydrogen (secondary N) is 1. The summed E-state index contributed by atoms with van der Waals surface area (Å²) in [5, 5.41) is 4.21. The van der Waals surface area contributed by atoms with Gasteiger partial charge in [0, 0.05) is 11.8 Å². The Balaban J connectivity index is 2.45. The van der Waals surface area contributed by atoms with Gasteiger partial charge in [-0.25, -0.2) is 4.39 Å². The Kier molecular flexibility index (Phi) is 3.59. The summed E-state index contributed by atoms with van der Waals surface area (Å²) in [5.41, 5.74) is 0.250. The maximum atomic E-state index is 11.8. The lowest BCUT2D eigenvalue weighted by Crippen LogP contribution is -2.38. The van der Waals surface area contributed by atoms with Crippen LogP contribution in [0.15, 0.2) is 4.99 Å². The van der Waals surface area contributed by atoms with Gasteiger partial charge >= 0.3 is 0 Å². The minimum Gasteiger partial charge on any atom is -0.361 e. The van der Waals surface area contributed by atoms with Crippen LogP contribution in [-0.2, 0) is 0 Å². The van der Waals surface area contributed by atoms with Gasteiger partial charge in [0.15, 0.2) is 5.17 Å². The lowest BCUT2D eigenvalue weighted by atomic mass is 9.88. The van der Waals surface area contributed by atoms with Crippen LogP contribution >= 0.6 is 11.8 Å². The highest BCUT2D eigenvalue weighted by Gasteiger charge is 2.30. The maximum absolute atomic E-state index is 11.8. The number of rotatable bonds is 2. The monoisotopic (exact) mass is 204 g/mol. The fraction of sp³-hybridized carbons (Fsp3) is 0.889. The topological polar surface area (TPSA) is 24.4 Å². The van der Waals surface area contributed by atoms with Crippen molar-refractivity contribution in [1.82, 2.24) is 5.32 Å². The quantitative estimate of drug-likeness (QED) is 0.744. The van der Waals surface area contributed by atoms with Crippen molar-refractivity contribution in [2.75, 3.05) is 19.0 Å². The van der Waals surface area contributed by atoms with Crippen molar-refractivity contribution in [3.8, 4) is 0 Å². The minimum atomic E-state index is -0.369. The second-order valence-electron chi connectivity index (χ2n) is 4.25. The number of aliphatic imine (C=N–C) groups is 1. The van der Waals surface area contributed by atoms with Gasteiger partial charge in [0.25, 0.3) is 0 Å². The summed E-state index contributed by atoms with van der Waals surface area (Å²) in [7, 11) is 0. The van der Waals surface area contributed by atoms with Crippen LogP contribution in [0.2, 0.25) is 0 Å². The molecule has 1 aliphatic rings. The Bertz CT molecular complexity index is 198. The van der Waals surface area contributed by atoms with Gasteiger partial charge in [-0.05, 0) is 5.41 Å².